The fourth-order valence-corrected chi connectivity index (χ4v) is 3.67. The maximum Gasteiger partial charge on any atom is 0.227 e. The number of nitrogens with two attached hydrogens (primary N) is 1. The maximum absolute atomic E-state index is 12.4. The molecule has 0 spiro atoms. The molecule has 1 aromatic rings. The minimum Gasteiger partial charge on any atom is -0.333 e. The zero-order valence-corrected chi connectivity index (χ0v) is 14.1. The molecule has 1 amide bonds. The molecule has 2 bridgehead atoms. The van der Waals surface area contributed by atoms with Gasteiger partial charge in [-0.05, 0) is 62.3 Å². The van der Waals surface area contributed by atoms with Crippen molar-refractivity contribution in [3.05, 3.63) is 29.3 Å². The number of anilines is 1. The van der Waals surface area contributed by atoms with E-state index in [0.717, 1.165) is 17.7 Å². The Hall–Kier alpha value is -2.01. The van der Waals surface area contributed by atoms with Crippen molar-refractivity contribution in [2.75, 3.05) is 12.4 Å². The van der Waals surface area contributed by atoms with Crippen molar-refractivity contribution >= 4 is 23.5 Å². The first-order valence-electron chi connectivity index (χ1n) is 8.04. The number of aryl methyl sites for hydroxylation is 1. The highest BCUT2D eigenvalue weighted by Crippen LogP contribution is 2.68. The van der Waals surface area contributed by atoms with Crippen LogP contribution in [0, 0.1) is 35.0 Å². The van der Waals surface area contributed by atoms with Crippen molar-refractivity contribution in [3.8, 4) is 0 Å². The fraction of sp³-hybridized carbons (Fsp3) is 0.500. The second-order valence-electron chi connectivity index (χ2n) is 6.64. The summed E-state index contributed by atoms with van der Waals surface area (Å²) in [5.41, 5.74) is 7.28. The van der Waals surface area contributed by atoms with Gasteiger partial charge in [0.2, 0.25) is 5.91 Å². The van der Waals surface area contributed by atoms with Gasteiger partial charge >= 0.3 is 0 Å². The second kappa shape index (κ2) is 6.62. The summed E-state index contributed by atoms with van der Waals surface area (Å²) in [5.74, 6) is 0.998. The van der Waals surface area contributed by atoms with E-state index >= 15 is 0 Å². The molecule has 0 aromatic heterocycles. The van der Waals surface area contributed by atoms with E-state index < -0.39 is 0 Å². The first-order chi connectivity index (χ1) is 10.9. The van der Waals surface area contributed by atoms with Gasteiger partial charge in [0.1, 0.15) is 0 Å². The fourth-order valence-electron chi connectivity index (χ4n) is 3.67. The summed E-state index contributed by atoms with van der Waals surface area (Å²) in [6.07, 6.45) is 4.65. The first-order valence-corrected chi connectivity index (χ1v) is 8.04. The quantitative estimate of drug-likeness (QED) is 0.628. The van der Waals surface area contributed by atoms with Crippen LogP contribution < -0.4 is 11.1 Å². The van der Waals surface area contributed by atoms with Gasteiger partial charge in [-0.25, -0.2) is 0 Å². The van der Waals surface area contributed by atoms with Gasteiger partial charge in [0.25, 0.3) is 0 Å². The Bertz CT molecular complexity index is 621. The molecule has 0 saturated heterocycles. The predicted molar refractivity (Wildman–Crippen MR) is 94.5 cm³/mol. The lowest BCUT2D eigenvalue weighted by atomic mass is 9.40. The minimum atomic E-state index is 0.0504. The van der Waals surface area contributed by atoms with Gasteiger partial charge in [-0.15, -0.1) is 0 Å². The molecule has 0 heterocycles. The second-order valence-corrected chi connectivity index (χ2v) is 6.64. The molecule has 3 aliphatic rings. The highest BCUT2D eigenvalue weighted by molar-refractivity contribution is 6.36. The van der Waals surface area contributed by atoms with Crippen LogP contribution in [0.15, 0.2) is 18.2 Å². The van der Waals surface area contributed by atoms with E-state index in [1.54, 1.807) is 6.07 Å². The Labute approximate surface area is 137 Å². The highest BCUT2D eigenvalue weighted by atomic mass is 16.1. The van der Waals surface area contributed by atoms with Crippen LogP contribution in [0.5, 0.6) is 0 Å². The molecule has 0 aliphatic heterocycles. The average Bonchev–Trinajstić information content (AvgIpc) is 2.47. The monoisotopic (exact) mass is 314 g/mol. The summed E-state index contributed by atoms with van der Waals surface area (Å²) < 4.78 is 0. The van der Waals surface area contributed by atoms with Crippen LogP contribution in [0.3, 0.4) is 0 Å². The maximum atomic E-state index is 12.4. The summed E-state index contributed by atoms with van der Waals surface area (Å²) >= 11 is 0. The molecule has 3 saturated carbocycles. The molecule has 3 fully saturated rings. The normalized spacial score (nSPS) is 25.0. The van der Waals surface area contributed by atoms with Gasteiger partial charge in [0.15, 0.2) is 0 Å². The van der Waals surface area contributed by atoms with E-state index in [0.29, 0.717) is 11.3 Å². The topological polar surface area (TPSA) is 103 Å². The van der Waals surface area contributed by atoms with Gasteiger partial charge in [-0.1, -0.05) is 13.0 Å². The van der Waals surface area contributed by atoms with Crippen molar-refractivity contribution in [1.82, 2.24) is 0 Å². The summed E-state index contributed by atoms with van der Waals surface area (Å²) in [4.78, 5) is 12.4. The van der Waals surface area contributed by atoms with Crippen molar-refractivity contribution in [2.45, 2.75) is 33.1 Å². The SMILES string of the molecule is CN.Cc1ccc(NC(=O)C(C)C23CC(C2)C3)cc1C(=N)C=N. The van der Waals surface area contributed by atoms with Crippen LogP contribution in [0.1, 0.15) is 37.3 Å². The molecule has 5 heteroatoms. The van der Waals surface area contributed by atoms with Gasteiger partial charge < -0.3 is 16.5 Å². The number of benzene rings is 1. The number of amides is 1. The molecule has 0 radical (unpaired) electrons. The predicted octanol–water partition coefficient (Wildman–Crippen LogP) is 2.96. The van der Waals surface area contributed by atoms with Crippen LogP contribution in [0.25, 0.3) is 0 Å². The van der Waals surface area contributed by atoms with Crippen LogP contribution in [-0.4, -0.2) is 24.9 Å². The molecule has 4 rings (SSSR count). The molecule has 23 heavy (non-hydrogen) atoms. The van der Waals surface area contributed by atoms with E-state index in [1.807, 2.05) is 26.0 Å². The molecule has 1 aromatic carbocycles. The highest BCUT2D eigenvalue weighted by Gasteiger charge is 2.60. The van der Waals surface area contributed by atoms with Crippen molar-refractivity contribution in [1.29, 1.82) is 10.8 Å². The lowest BCUT2D eigenvalue weighted by Crippen LogP contribution is -2.58. The average molecular weight is 314 g/mol. The number of hydrogen-bond donors (Lipinski definition) is 4. The van der Waals surface area contributed by atoms with Crippen molar-refractivity contribution in [3.63, 3.8) is 0 Å². The Morgan fingerprint density at radius 2 is 2.00 bits per heavy atom. The Balaban J connectivity index is 0.000000924. The third-order valence-corrected chi connectivity index (χ3v) is 5.34. The van der Waals surface area contributed by atoms with Crippen molar-refractivity contribution < 1.29 is 4.79 Å². The summed E-state index contributed by atoms with van der Waals surface area (Å²) in [6, 6.07) is 5.53. The minimum absolute atomic E-state index is 0.0504. The summed E-state index contributed by atoms with van der Waals surface area (Å²) in [5, 5.41) is 18.0. The third-order valence-electron chi connectivity index (χ3n) is 5.34. The first kappa shape index (κ1) is 17.3. The zero-order valence-electron chi connectivity index (χ0n) is 14.1. The van der Waals surface area contributed by atoms with E-state index in [1.165, 1.54) is 26.3 Å². The van der Waals surface area contributed by atoms with Crippen LogP contribution in [0.2, 0.25) is 0 Å². The van der Waals surface area contributed by atoms with Gasteiger partial charge in [-0.2, -0.15) is 0 Å². The molecular weight excluding hydrogens is 288 g/mol. The lowest BCUT2D eigenvalue weighted by Gasteiger charge is -2.64. The van der Waals surface area contributed by atoms with E-state index in [-0.39, 0.29) is 23.0 Å². The summed E-state index contributed by atoms with van der Waals surface area (Å²) in [7, 11) is 1.50. The van der Waals surface area contributed by atoms with Gasteiger partial charge in [0.05, 0.1) is 5.71 Å². The molecule has 5 nitrogen and oxygen atoms in total. The van der Waals surface area contributed by atoms with Crippen molar-refractivity contribution in [2.24, 2.45) is 23.0 Å². The molecule has 124 valence electrons. The number of nitrogens with one attached hydrogen (secondary N) is 3. The van der Waals surface area contributed by atoms with Crippen LogP contribution in [-0.2, 0) is 4.79 Å². The Kier molecular flexibility index (Phi) is 5.00. The molecule has 5 N–H and O–H groups in total. The van der Waals surface area contributed by atoms with Gasteiger partial charge in [0, 0.05) is 23.4 Å². The van der Waals surface area contributed by atoms with Gasteiger partial charge in [-0.3, -0.25) is 10.2 Å². The Morgan fingerprint density at radius 1 is 1.39 bits per heavy atom. The largest absolute Gasteiger partial charge is 0.333 e. The molecule has 1 atom stereocenters. The number of hydrogen-bond acceptors (Lipinski definition) is 4. The molecular formula is C18H26N4O. The zero-order chi connectivity index (χ0) is 17.2. The molecule has 1 unspecified atom stereocenters. The Morgan fingerprint density at radius 3 is 2.48 bits per heavy atom. The number of rotatable bonds is 5. The standard InChI is InChI=1S/C17H21N3O.CH5N/c1-10-3-4-13(5-14(10)15(19)9-18)20-16(21)11(2)17-6-12(7-17)8-17;1-2/h3-5,9,11-12,18-19H,6-8H2,1-2H3,(H,20,21);2H2,1H3. The third kappa shape index (κ3) is 3.06. The van der Waals surface area contributed by atoms with E-state index in [9.17, 15) is 4.79 Å². The van der Waals surface area contributed by atoms with Crippen LogP contribution in [0.4, 0.5) is 5.69 Å². The van der Waals surface area contributed by atoms with Crippen LogP contribution >= 0.6 is 0 Å². The number of carbonyl (C=O) groups is 1. The van der Waals surface area contributed by atoms with E-state index in [2.05, 4.69) is 11.1 Å². The smallest absolute Gasteiger partial charge is 0.227 e. The molecule has 3 aliphatic carbocycles. The lowest BCUT2D eigenvalue weighted by molar-refractivity contribution is -0.161. The summed E-state index contributed by atoms with van der Waals surface area (Å²) in [6.45, 7) is 3.93. The number of carbonyl (C=O) groups excluding carboxylic acids is 1. The van der Waals surface area contributed by atoms with E-state index in [4.69, 9.17) is 10.8 Å².